The minimum atomic E-state index is -0.365. The van der Waals surface area contributed by atoms with Crippen LogP contribution in [0.5, 0.6) is 5.75 Å². The van der Waals surface area contributed by atoms with Crippen LogP contribution in [0.4, 0.5) is 5.69 Å². The van der Waals surface area contributed by atoms with Gasteiger partial charge in [-0.05, 0) is 18.6 Å². The van der Waals surface area contributed by atoms with Crippen molar-refractivity contribution >= 4 is 17.6 Å². The van der Waals surface area contributed by atoms with Crippen molar-refractivity contribution in [3.8, 4) is 5.75 Å². The van der Waals surface area contributed by atoms with Gasteiger partial charge in [0.25, 0.3) is 0 Å². The van der Waals surface area contributed by atoms with Crippen LogP contribution in [0.25, 0.3) is 0 Å². The molecule has 0 saturated carbocycles. The van der Waals surface area contributed by atoms with Crippen LogP contribution >= 0.6 is 0 Å². The van der Waals surface area contributed by atoms with E-state index in [9.17, 15) is 9.59 Å². The standard InChI is InChI=1S/C24H39NO3/c1-3-4-5-6-7-8-9-10-11-12-13-14-15-19-24(27)25-22-17-16-18-23(20-22)28-21(2)26/h16-18,20H,3-15,19H2,1-2H3,(H,25,27). The third-order valence-corrected chi connectivity index (χ3v) is 4.89. The van der Waals surface area contributed by atoms with Gasteiger partial charge in [-0.25, -0.2) is 0 Å². The van der Waals surface area contributed by atoms with E-state index in [-0.39, 0.29) is 11.9 Å². The molecule has 4 nitrogen and oxygen atoms in total. The summed E-state index contributed by atoms with van der Waals surface area (Å²) in [7, 11) is 0. The molecule has 1 amide bonds. The molecule has 28 heavy (non-hydrogen) atoms. The molecular weight excluding hydrogens is 350 g/mol. The van der Waals surface area contributed by atoms with Crippen molar-refractivity contribution in [3.05, 3.63) is 24.3 Å². The highest BCUT2D eigenvalue weighted by Gasteiger charge is 2.04. The minimum Gasteiger partial charge on any atom is -0.427 e. The number of ether oxygens (including phenoxy) is 1. The van der Waals surface area contributed by atoms with Crippen LogP contribution in [-0.4, -0.2) is 11.9 Å². The molecule has 158 valence electrons. The molecule has 0 aliphatic carbocycles. The zero-order chi connectivity index (χ0) is 20.5. The fourth-order valence-electron chi connectivity index (χ4n) is 3.33. The predicted octanol–water partition coefficient (Wildman–Crippen LogP) is 7.03. The number of esters is 1. The molecule has 0 aromatic heterocycles. The average molecular weight is 390 g/mol. The second kappa shape index (κ2) is 16.1. The predicted molar refractivity (Wildman–Crippen MR) is 117 cm³/mol. The summed E-state index contributed by atoms with van der Waals surface area (Å²) in [6.45, 7) is 3.62. The molecule has 0 saturated heterocycles. The lowest BCUT2D eigenvalue weighted by Crippen LogP contribution is -2.11. The van der Waals surface area contributed by atoms with Gasteiger partial charge in [0.2, 0.25) is 5.91 Å². The first-order valence-corrected chi connectivity index (χ1v) is 11.2. The van der Waals surface area contributed by atoms with Crippen molar-refractivity contribution in [2.75, 3.05) is 5.32 Å². The number of nitrogens with one attached hydrogen (secondary N) is 1. The average Bonchev–Trinajstić information content (AvgIpc) is 2.65. The Hall–Kier alpha value is -1.84. The largest absolute Gasteiger partial charge is 0.427 e. The molecule has 0 fully saturated rings. The quantitative estimate of drug-likeness (QED) is 0.187. The maximum Gasteiger partial charge on any atom is 0.308 e. The second-order valence-electron chi connectivity index (χ2n) is 7.66. The Morgan fingerprint density at radius 1 is 0.821 bits per heavy atom. The van der Waals surface area contributed by atoms with Gasteiger partial charge >= 0.3 is 5.97 Å². The Bertz CT molecular complexity index is 557. The van der Waals surface area contributed by atoms with Gasteiger partial charge in [-0.3, -0.25) is 9.59 Å². The second-order valence-corrected chi connectivity index (χ2v) is 7.66. The number of hydrogen-bond acceptors (Lipinski definition) is 3. The highest BCUT2D eigenvalue weighted by atomic mass is 16.5. The summed E-state index contributed by atoms with van der Waals surface area (Å²) in [6, 6.07) is 6.93. The van der Waals surface area contributed by atoms with Crippen molar-refractivity contribution in [2.24, 2.45) is 0 Å². The molecule has 1 rings (SSSR count). The van der Waals surface area contributed by atoms with E-state index in [1.165, 1.54) is 77.6 Å². The molecular formula is C24H39NO3. The summed E-state index contributed by atoms with van der Waals surface area (Å²) in [6.07, 6.45) is 17.4. The zero-order valence-electron chi connectivity index (χ0n) is 17.9. The van der Waals surface area contributed by atoms with Gasteiger partial charge in [-0.1, -0.05) is 90.0 Å². The molecule has 1 aromatic rings. The fraction of sp³-hybridized carbons (Fsp3) is 0.667. The molecule has 0 heterocycles. The lowest BCUT2D eigenvalue weighted by molar-refractivity contribution is -0.131. The summed E-state index contributed by atoms with van der Waals surface area (Å²) in [5.41, 5.74) is 0.665. The number of carbonyl (C=O) groups excluding carboxylic acids is 2. The van der Waals surface area contributed by atoms with E-state index in [0.717, 1.165) is 12.8 Å². The smallest absolute Gasteiger partial charge is 0.308 e. The summed E-state index contributed by atoms with van der Waals surface area (Å²) < 4.78 is 5.03. The number of anilines is 1. The molecule has 1 N–H and O–H groups in total. The van der Waals surface area contributed by atoms with Crippen molar-refractivity contribution in [1.29, 1.82) is 0 Å². The third kappa shape index (κ3) is 13.3. The Balaban J connectivity index is 1.97. The summed E-state index contributed by atoms with van der Waals surface area (Å²) in [4.78, 5) is 23.0. The molecule has 0 bridgehead atoms. The molecule has 1 aromatic carbocycles. The van der Waals surface area contributed by atoms with Gasteiger partial charge < -0.3 is 10.1 Å². The van der Waals surface area contributed by atoms with Gasteiger partial charge in [0, 0.05) is 25.1 Å². The Morgan fingerprint density at radius 3 is 1.89 bits per heavy atom. The van der Waals surface area contributed by atoms with Crippen molar-refractivity contribution in [1.82, 2.24) is 0 Å². The Morgan fingerprint density at radius 2 is 1.36 bits per heavy atom. The van der Waals surface area contributed by atoms with Crippen LogP contribution in [0, 0.1) is 0 Å². The van der Waals surface area contributed by atoms with E-state index < -0.39 is 0 Å². The van der Waals surface area contributed by atoms with Crippen LogP contribution in [0.2, 0.25) is 0 Å². The van der Waals surface area contributed by atoms with E-state index in [4.69, 9.17) is 4.74 Å². The highest BCUT2D eigenvalue weighted by molar-refractivity contribution is 5.90. The van der Waals surface area contributed by atoms with Crippen molar-refractivity contribution in [2.45, 2.75) is 104 Å². The molecule has 0 radical (unpaired) electrons. The number of carbonyl (C=O) groups is 2. The van der Waals surface area contributed by atoms with E-state index in [2.05, 4.69) is 12.2 Å². The van der Waals surface area contributed by atoms with Crippen molar-refractivity contribution in [3.63, 3.8) is 0 Å². The summed E-state index contributed by atoms with van der Waals surface area (Å²) in [5.74, 6) is 0.102. The first kappa shape index (κ1) is 24.2. The van der Waals surface area contributed by atoms with Crippen LogP contribution in [0.3, 0.4) is 0 Å². The SMILES string of the molecule is CCCCCCCCCCCCCCCC(=O)Nc1cccc(OC(C)=O)c1. The maximum atomic E-state index is 12.0. The first-order chi connectivity index (χ1) is 13.6. The van der Waals surface area contributed by atoms with Gasteiger partial charge in [0.15, 0.2) is 0 Å². The van der Waals surface area contributed by atoms with Gasteiger partial charge in [-0.15, -0.1) is 0 Å². The fourth-order valence-corrected chi connectivity index (χ4v) is 3.33. The molecule has 0 aliphatic heterocycles. The summed E-state index contributed by atoms with van der Waals surface area (Å²) >= 11 is 0. The number of hydrogen-bond donors (Lipinski definition) is 1. The molecule has 0 aliphatic rings. The molecule has 0 unspecified atom stereocenters. The minimum absolute atomic E-state index is 0.0167. The van der Waals surface area contributed by atoms with Crippen LogP contribution < -0.4 is 10.1 Å². The van der Waals surface area contributed by atoms with Gasteiger partial charge in [0.1, 0.15) is 5.75 Å². The maximum absolute atomic E-state index is 12.0. The van der Waals surface area contributed by atoms with Crippen LogP contribution in [0.15, 0.2) is 24.3 Å². The van der Waals surface area contributed by atoms with Crippen LogP contribution in [0.1, 0.15) is 104 Å². The number of amides is 1. The first-order valence-electron chi connectivity index (χ1n) is 11.2. The van der Waals surface area contributed by atoms with E-state index in [1.54, 1.807) is 24.3 Å². The normalized spacial score (nSPS) is 10.6. The highest BCUT2D eigenvalue weighted by Crippen LogP contribution is 2.18. The number of rotatable bonds is 16. The topological polar surface area (TPSA) is 55.4 Å². The number of benzene rings is 1. The van der Waals surface area contributed by atoms with Gasteiger partial charge in [0.05, 0.1) is 0 Å². The van der Waals surface area contributed by atoms with E-state index in [0.29, 0.717) is 17.9 Å². The van der Waals surface area contributed by atoms with E-state index >= 15 is 0 Å². The molecule has 0 atom stereocenters. The Kier molecular flexibility index (Phi) is 14.0. The molecule has 4 heteroatoms. The monoisotopic (exact) mass is 389 g/mol. The third-order valence-electron chi connectivity index (χ3n) is 4.89. The van der Waals surface area contributed by atoms with E-state index in [1.807, 2.05) is 0 Å². The Labute approximate surface area is 171 Å². The van der Waals surface area contributed by atoms with Gasteiger partial charge in [-0.2, -0.15) is 0 Å². The van der Waals surface area contributed by atoms with Crippen molar-refractivity contribution < 1.29 is 14.3 Å². The summed E-state index contributed by atoms with van der Waals surface area (Å²) in [5, 5.41) is 2.87. The van der Waals surface area contributed by atoms with Crippen LogP contribution in [-0.2, 0) is 9.59 Å². The number of unbranched alkanes of at least 4 members (excludes halogenated alkanes) is 12. The lowest BCUT2D eigenvalue weighted by atomic mass is 10.0. The zero-order valence-corrected chi connectivity index (χ0v) is 17.9. The molecule has 0 spiro atoms. The lowest BCUT2D eigenvalue weighted by Gasteiger charge is -2.07.